The molecule has 2 N–H and O–H groups in total. The Kier molecular flexibility index (Phi) is 4.15. The molecule has 20 heavy (non-hydrogen) atoms. The van der Waals surface area contributed by atoms with Gasteiger partial charge in [-0.2, -0.15) is 0 Å². The fourth-order valence-corrected chi connectivity index (χ4v) is 2.11. The third kappa shape index (κ3) is 2.56. The topological polar surface area (TPSA) is 57.5 Å². The Hall–Kier alpha value is -2.20. The molecular weight excluding hydrogens is 259 g/mol. The number of halogens is 1. The van der Waals surface area contributed by atoms with Gasteiger partial charge in [0.05, 0.1) is 6.67 Å². The SMILES string of the molecule is O=C(O)[C@@](O)(c1ccccc1)c1ccc(CCF)cc1. The average molecular weight is 274 g/mol. The van der Waals surface area contributed by atoms with Crippen LogP contribution in [-0.4, -0.2) is 22.9 Å². The van der Waals surface area contributed by atoms with Gasteiger partial charge in [-0.05, 0) is 16.7 Å². The Morgan fingerprint density at radius 1 is 1.00 bits per heavy atom. The van der Waals surface area contributed by atoms with Gasteiger partial charge in [0.2, 0.25) is 5.60 Å². The molecule has 0 bridgehead atoms. The zero-order chi connectivity index (χ0) is 14.6. The van der Waals surface area contributed by atoms with Gasteiger partial charge in [-0.25, -0.2) is 4.79 Å². The summed E-state index contributed by atoms with van der Waals surface area (Å²) < 4.78 is 12.3. The van der Waals surface area contributed by atoms with Crippen molar-refractivity contribution in [2.75, 3.05) is 6.67 Å². The quantitative estimate of drug-likeness (QED) is 0.880. The van der Waals surface area contributed by atoms with Gasteiger partial charge in [-0.1, -0.05) is 54.6 Å². The Morgan fingerprint density at radius 2 is 1.55 bits per heavy atom. The van der Waals surface area contributed by atoms with Gasteiger partial charge >= 0.3 is 5.97 Å². The molecule has 0 aliphatic carbocycles. The van der Waals surface area contributed by atoms with E-state index >= 15 is 0 Å². The lowest BCUT2D eigenvalue weighted by Crippen LogP contribution is -2.36. The van der Waals surface area contributed by atoms with Crippen LogP contribution in [0.25, 0.3) is 0 Å². The summed E-state index contributed by atoms with van der Waals surface area (Å²) in [6.07, 6.45) is 0.275. The number of aliphatic hydroxyl groups is 1. The van der Waals surface area contributed by atoms with Crippen molar-refractivity contribution < 1.29 is 19.4 Å². The third-order valence-electron chi connectivity index (χ3n) is 3.26. The summed E-state index contributed by atoms with van der Waals surface area (Å²) in [5, 5.41) is 20.0. The molecule has 0 unspecified atom stereocenters. The number of carbonyl (C=O) groups is 1. The van der Waals surface area contributed by atoms with Crippen LogP contribution < -0.4 is 0 Å². The molecule has 0 aromatic heterocycles. The summed E-state index contributed by atoms with van der Waals surface area (Å²) >= 11 is 0. The molecule has 0 amide bonds. The van der Waals surface area contributed by atoms with E-state index in [0.29, 0.717) is 0 Å². The summed E-state index contributed by atoms with van der Waals surface area (Å²) in [7, 11) is 0. The van der Waals surface area contributed by atoms with Crippen LogP contribution >= 0.6 is 0 Å². The van der Waals surface area contributed by atoms with Gasteiger partial charge in [0.1, 0.15) is 0 Å². The smallest absolute Gasteiger partial charge is 0.345 e. The molecule has 0 spiro atoms. The number of rotatable bonds is 5. The van der Waals surface area contributed by atoms with E-state index in [0.717, 1.165) is 5.56 Å². The molecule has 104 valence electrons. The van der Waals surface area contributed by atoms with Gasteiger partial charge in [-0.15, -0.1) is 0 Å². The van der Waals surface area contributed by atoms with Crippen LogP contribution in [0.4, 0.5) is 4.39 Å². The van der Waals surface area contributed by atoms with Gasteiger partial charge in [0.15, 0.2) is 0 Å². The van der Waals surface area contributed by atoms with E-state index in [1.165, 1.54) is 12.1 Å². The van der Waals surface area contributed by atoms with Crippen LogP contribution in [-0.2, 0) is 16.8 Å². The first-order chi connectivity index (χ1) is 9.59. The van der Waals surface area contributed by atoms with Crippen LogP contribution in [0, 0.1) is 0 Å². The maximum Gasteiger partial charge on any atom is 0.345 e. The van der Waals surface area contributed by atoms with E-state index in [9.17, 15) is 19.4 Å². The molecular formula is C16H15FO3. The average Bonchev–Trinajstić information content (AvgIpc) is 2.48. The summed E-state index contributed by atoms with van der Waals surface area (Å²) in [5.41, 5.74) is -0.809. The Labute approximate surface area is 116 Å². The van der Waals surface area contributed by atoms with Crippen molar-refractivity contribution in [2.24, 2.45) is 0 Å². The monoisotopic (exact) mass is 274 g/mol. The lowest BCUT2D eigenvalue weighted by molar-refractivity contribution is -0.155. The largest absolute Gasteiger partial charge is 0.479 e. The highest BCUT2D eigenvalue weighted by Gasteiger charge is 2.39. The fourth-order valence-electron chi connectivity index (χ4n) is 2.11. The molecule has 2 rings (SSSR count). The molecule has 0 fully saturated rings. The van der Waals surface area contributed by atoms with Crippen molar-refractivity contribution in [3.05, 3.63) is 71.3 Å². The summed E-state index contributed by atoms with van der Waals surface area (Å²) in [4.78, 5) is 11.5. The van der Waals surface area contributed by atoms with E-state index in [1.807, 2.05) is 0 Å². The van der Waals surface area contributed by atoms with Crippen molar-refractivity contribution in [3.8, 4) is 0 Å². The van der Waals surface area contributed by atoms with E-state index in [2.05, 4.69) is 0 Å². The Bertz CT molecular complexity index is 580. The molecule has 0 aliphatic rings. The number of benzene rings is 2. The lowest BCUT2D eigenvalue weighted by Gasteiger charge is -2.24. The minimum Gasteiger partial charge on any atom is -0.479 e. The van der Waals surface area contributed by atoms with Crippen LogP contribution in [0.3, 0.4) is 0 Å². The standard InChI is InChI=1S/C16H15FO3/c17-11-10-12-6-8-14(9-7-12)16(20,15(18)19)13-4-2-1-3-5-13/h1-9,20H,10-11H2,(H,18,19)/t16-/m1/s1. The molecule has 0 saturated carbocycles. The number of alkyl halides is 1. The molecule has 0 saturated heterocycles. The van der Waals surface area contributed by atoms with Crippen LogP contribution in [0.5, 0.6) is 0 Å². The van der Waals surface area contributed by atoms with Crippen LogP contribution in [0.15, 0.2) is 54.6 Å². The van der Waals surface area contributed by atoms with Crippen molar-refractivity contribution in [3.63, 3.8) is 0 Å². The van der Waals surface area contributed by atoms with Gasteiger partial charge in [-0.3, -0.25) is 4.39 Å². The van der Waals surface area contributed by atoms with E-state index in [-0.39, 0.29) is 17.5 Å². The van der Waals surface area contributed by atoms with Crippen LogP contribution in [0.1, 0.15) is 16.7 Å². The zero-order valence-corrected chi connectivity index (χ0v) is 10.8. The number of carboxylic acid groups (broad SMARTS) is 1. The van der Waals surface area contributed by atoms with E-state index < -0.39 is 18.2 Å². The predicted molar refractivity (Wildman–Crippen MR) is 73.2 cm³/mol. The van der Waals surface area contributed by atoms with Crippen molar-refractivity contribution in [1.29, 1.82) is 0 Å². The van der Waals surface area contributed by atoms with Crippen molar-refractivity contribution in [2.45, 2.75) is 12.0 Å². The highest BCUT2D eigenvalue weighted by atomic mass is 19.1. The van der Waals surface area contributed by atoms with Gasteiger partial charge in [0, 0.05) is 6.42 Å². The number of aliphatic carboxylic acids is 1. The molecule has 1 atom stereocenters. The minimum atomic E-state index is -2.10. The highest BCUT2D eigenvalue weighted by molar-refractivity contribution is 5.83. The molecule has 2 aromatic rings. The van der Waals surface area contributed by atoms with Gasteiger partial charge < -0.3 is 10.2 Å². The minimum absolute atomic E-state index is 0.249. The third-order valence-corrected chi connectivity index (χ3v) is 3.26. The van der Waals surface area contributed by atoms with E-state index in [4.69, 9.17) is 0 Å². The molecule has 2 aromatic carbocycles. The van der Waals surface area contributed by atoms with Crippen molar-refractivity contribution in [1.82, 2.24) is 0 Å². The second-order valence-corrected chi connectivity index (χ2v) is 4.52. The van der Waals surface area contributed by atoms with E-state index in [1.54, 1.807) is 42.5 Å². The maximum atomic E-state index is 12.3. The number of hydrogen-bond acceptors (Lipinski definition) is 2. The lowest BCUT2D eigenvalue weighted by atomic mass is 9.86. The highest BCUT2D eigenvalue weighted by Crippen LogP contribution is 2.30. The molecule has 0 radical (unpaired) electrons. The molecule has 3 nitrogen and oxygen atoms in total. The Morgan fingerprint density at radius 3 is 2.05 bits per heavy atom. The predicted octanol–water partition coefficient (Wildman–Crippen LogP) is 2.52. The molecule has 0 heterocycles. The molecule has 0 aliphatic heterocycles. The number of carboxylic acids is 1. The zero-order valence-electron chi connectivity index (χ0n) is 10.8. The molecule has 4 heteroatoms. The summed E-state index contributed by atoms with van der Waals surface area (Å²) in [6.45, 7) is -0.471. The number of aryl methyl sites for hydroxylation is 1. The van der Waals surface area contributed by atoms with Crippen molar-refractivity contribution >= 4 is 5.97 Å². The van der Waals surface area contributed by atoms with Gasteiger partial charge in [0.25, 0.3) is 0 Å². The summed E-state index contributed by atoms with van der Waals surface area (Å²) in [6, 6.07) is 14.5. The first-order valence-electron chi connectivity index (χ1n) is 6.25. The summed E-state index contributed by atoms with van der Waals surface area (Å²) in [5.74, 6) is -1.35. The maximum absolute atomic E-state index is 12.3. The first kappa shape index (κ1) is 14.2. The second kappa shape index (κ2) is 5.84. The fraction of sp³-hybridized carbons (Fsp3) is 0.188. The van der Waals surface area contributed by atoms with Crippen LogP contribution in [0.2, 0.25) is 0 Å². The number of hydrogen-bond donors (Lipinski definition) is 2. The normalized spacial score (nSPS) is 13.7. The Balaban J connectivity index is 2.46. The second-order valence-electron chi connectivity index (χ2n) is 4.52. The first-order valence-corrected chi connectivity index (χ1v) is 6.25.